The van der Waals surface area contributed by atoms with Crippen LogP contribution in [0.15, 0.2) is 36.7 Å². The fraction of sp³-hybridized carbons (Fsp3) is 0.0769. The Bertz CT molecular complexity index is 578. The molecule has 0 unspecified atom stereocenters. The number of carbonyl (C=O) groups excluding carboxylic acids is 1. The summed E-state index contributed by atoms with van der Waals surface area (Å²) in [7, 11) is 0. The maximum absolute atomic E-state index is 13.0. The molecule has 18 heavy (non-hydrogen) atoms. The number of rotatable bonds is 2. The average Bonchev–Trinajstić information content (AvgIpc) is 2.34. The monoisotopic (exact) mass is 245 g/mol. The Labute approximate surface area is 104 Å². The second kappa shape index (κ2) is 4.83. The Balaban J connectivity index is 2.27. The Hall–Kier alpha value is -2.43. The van der Waals surface area contributed by atoms with Crippen LogP contribution in [0.25, 0.3) is 0 Å². The largest absolute Gasteiger partial charge is 0.397 e. The van der Waals surface area contributed by atoms with Gasteiger partial charge in [0.1, 0.15) is 5.82 Å². The molecule has 1 amide bonds. The number of carbonyl (C=O) groups is 1. The van der Waals surface area contributed by atoms with Gasteiger partial charge in [0.05, 0.1) is 23.1 Å². The highest BCUT2D eigenvalue weighted by atomic mass is 19.1. The number of aryl methyl sites for hydroxylation is 1. The van der Waals surface area contributed by atoms with Gasteiger partial charge in [0.2, 0.25) is 0 Å². The quantitative estimate of drug-likeness (QED) is 0.798. The normalized spacial score (nSPS) is 10.1. The van der Waals surface area contributed by atoms with Crippen LogP contribution in [0.1, 0.15) is 15.9 Å². The van der Waals surface area contributed by atoms with Crippen LogP contribution in [-0.4, -0.2) is 10.9 Å². The number of nitrogens with zero attached hydrogens (tertiary/aromatic N) is 1. The van der Waals surface area contributed by atoms with E-state index in [1.807, 2.05) is 13.0 Å². The topological polar surface area (TPSA) is 68.0 Å². The van der Waals surface area contributed by atoms with Crippen LogP contribution in [0.3, 0.4) is 0 Å². The van der Waals surface area contributed by atoms with E-state index in [1.54, 1.807) is 12.1 Å². The first-order valence-electron chi connectivity index (χ1n) is 5.35. The van der Waals surface area contributed by atoms with E-state index >= 15 is 0 Å². The van der Waals surface area contributed by atoms with E-state index < -0.39 is 11.7 Å². The molecule has 4 nitrogen and oxygen atoms in total. The van der Waals surface area contributed by atoms with E-state index in [9.17, 15) is 9.18 Å². The Morgan fingerprint density at radius 1 is 1.39 bits per heavy atom. The fourth-order valence-corrected chi connectivity index (χ4v) is 1.58. The number of halogens is 1. The maximum Gasteiger partial charge on any atom is 0.257 e. The zero-order valence-corrected chi connectivity index (χ0v) is 9.77. The van der Waals surface area contributed by atoms with E-state index in [-0.39, 0.29) is 5.56 Å². The number of pyridine rings is 1. The van der Waals surface area contributed by atoms with Crippen LogP contribution in [0.4, 0.5) is 15.8 Å². The first-order chi connectivity index (χ1) is 8.58. The summed E-state index contributed by atoms with van der Waals surface area (Å²) in [4.78, 5) is 15.5. The van der Waals surface area contributed by atoms with Gasteiger partial charge in [-0.25, -0.2) is 4.39 Å². The van der Waals surface area contributed by atoms with Gasteiger partial charge in [0.25, 0.3) is 5.91 Å². The Morgan fingerprint density at radius 3 is 2.83 bits per heavy atom. The van der Waals surface area contributed by atoms with Crippen LogP contribution >= 0.6 is 0 Å². The van der Waals surface area contributed by atoms with Gasteiger partial charge >= 0.3 is 0 Å². The lowest BCUT2D eigenvalue weighted by Gasteiger charge is -2.10. The molecular formula is C13H12FN3O. The summed E-state index contributed by atoms with van der Waals surface area (Å²) >= 11 is 0. The highest BCUT2D eigenvalue weighted by Gasteiger charge is 2.10. The van der Waals surface area contributed by atoms with Gasteiger partial charge in [0.15, 0.2) is 0 Å². The number of nitrogens with one attached hydrogen (secondary N) is 1. The molecule has 2 aromatic rings. The zero-order chi connectivity index (χ0) is 13.1. The molecule has 0 fully saturated rings. The van der Waals surface area contributed by atoms with E-state index in [2.05, 4.69) is 10.3 Å². The molecular weight excluding hydrogens is 233 g/mol. The second-order valence-corrected chi connectivity index (χ2v) is 3.89. The third-order valence-corrected chi connectivity index (χ3v) is 2.51. The minimum absolute atomic E-state index is 0.151. The molecule has 3 N–H and O–H groups in total. The van der Waals surface area contributed by atoms with Crippen LogP contribution in [0.2, 0.25) is 0 Å². The van der Waals surface area contributed by atoms with Crippen LogP contribution in [0.5, 0.6) is 0 Å². The van der Waals surface area contributed by atoms with Gasteiger partial charge in [-0.2, -0.15) is 0 Å². The van der Waals surface area contributed by atoms with Gasteiger partial charge in [0, 0.05) is 6.20 Å². The molecule has 1 aromatic heterocycles. The number of anilines is 2. The summed E-state index contributed by atoms with van der Waals surface area (Å²) in [5.41, 5.74) is 7.76. The lowest BCUT2D eigenvalue weighted by atomic mass is 10.1. The van der Waals surface area contributed by atoms with E-state index in [1.165, 1.54) is 6.20 Å². The smallest absolute Gasteiger partial charge is 0.257 e. The molecule has 0 radical (unpaired) electrons. The van der Waals surface area contributed by atoms with Crippen molar-refractivity contribution < 1.29 is 9.18 Å². The van der Waals surface area contributed by atoms with E-state index in [4.69, 9.17) is 5.73 Å². The van der Waals surface area contributed by atoms with Crippen molar-refractivity contribution in [3.05, 3.63) is 53.6 Å². The zero-order valence-electron chi connectivity index (χ0n) is 9.77. The predicted molar refractivity (Wildman–Crippen MR) is 67.7 cm³/mol. The van der Waals surface area contributed by atoms with Gasteiger partial charge in [-0.1, -0.05) is 12.1 Å². The molecule has 2 rings (SSSR count). The second-order valence-electron chi connectivity index (χ2n) is 3.89. The number of hydrogen-bond donors (Lipinski definition) is 2. The minimum Gasteiger partial charge on any atom is -0.397 e. The van der Waals surface area contributed by atoms with Gasteiger partial charge in [-0.3, -0.25) is 9.78 Å². The SMILES string of the molecule is Cc1cccc(N)c1NC(=O)c1cncc(F)c1. The molecule has 92 valence electrons. The van der Waals surface area contributed by atoms with Crippen molar-refractivity contribution in [3.8, 4) is 0 Å². The van der Waals surface area contributed by atoms with Crippen molar-refractivity contribution in [2.45, 2.75) is 6.92 Å². The first kappa shape index (κ1) is 12.0. The van der Waals surface area contributed by atoms with Crippen molar-refractivity contribution in [3.63, 3.8) is 0 Å². The summed E-state index contributed by atoms with van der Waals surface area (Å²) in [6.45, 7) is 1.83. The molecule has 0 saturated carbocycles. The number of aromatic nitrogens is 1. The molecule has 0 bridgehead atoms. The summed E-state index contributed by atoms with van der Waals surface area (Å²) in [5.74, 6) is -0.997. The van der Waals surface area contributed by atoms with Crippen molar-refractivity contribution >= 4 is 17.3 Å². The fourth-order valence-electron chi connectivity index (χ4n) is 1.58. The average molecular weight is 245 g/mol. The third kappa shape index (κ3) is 2.45. The number of para-hydroxylation sites is 1. The molecule has 1 heterocycles. The summed E-state index contributed by atoms with van der Waals surface area (Å²) in [6, 6.07) is 6.43. The first-order valence-corrected chi connectivity index (χ1v) is 5.35. The maximum atomic E-state index is 13.0. The standard InChI is InChI=1S/C13H12FN3O/c1-8-3-2-4-11(15)12(8)17-13(18)9-5-10(14)7-16-6-9/h2-7H,15H2,1H3,(H,17,18). The van der Waals surface area contributed by atoms with Gasteiger partial charge < -0.3 is 11.1 Å². The number of nitrogens with two attached hydrogens (primary N) is 1. The lowest BCUT2D eigenvalue weighted by Crippen LogP contribution is -2.14. The molecule has 0 spiro atoms. The minimum atomic E-state index is -0.555. The number of hydrogen-bond acceptors (Lipinski definition) is 3. The molecule has 0 atom stereocenters. The molecule has 5 heteroatoms. The molecule has 0 saturated heterocycles. The van der Waals surface area contributed by atoms with E-state index in [0.717, 1.165) is 17.8 Å². The van der Waals surface area contributed by atoms with E-state index in [0.29, 0.717) is 11.4 Å². The number of benzene rings is 1. The Morgan fingerprint density at radius 2 is 2.17 bits per heavy atom. The highest BCUT2D eigenvalue weighted by Crippen LogP contribution is 2.23. The molecule has 0 aliphatic carbocycles. The molecule has 0 aliphatic heterocycles. The Kier molecular flexibility index (Phi) is 3.23. The highest BCUT2D eigenvalue weighted by molar-refractivity contribution is 6.06. The summed E-state index contributed by atoms with van der Waals surface area (Å²) in [5, 5.41) is 2.65. The van der Waals surface area contributed by atoms with Gasteiger partial charge in [-0.05, 0) is 24.6 Å². The van der Waals surface area contributed by atoms with Gasteiger partial charge in [-0.15, -0.1) is 0 Å². The molecule has 1 aromatic carbocycles. The number of amides is 1. The lowest BCUT2D eigenvalue weighted by molar-refractivity contribution is 0.102. The van der Waals surface area contributed by atoms with Crippen LogP contribution in [-0.2, 0) is 0 Å². The third-order valence-electron chi connectivity index (χ3n) is 2.51. The number of nitrogen functional groups attached to an aromatic ring is 1. The molecule has 0 aliphatic rings. The van der Waals surface area contributed by atoms with Crippen molar-refractivity contribution in [2.24, 2.45) is 0 Å². The predicted octanol–water partition coefficient (Wildman–Crippen LogP) is 2.36. The van der Waals surface area contributed by atoms with Crippen molar-refractivity contribution in [2.75, 3.05) is 11.1 Å². The summed E-state index contributed by atoms with van der Waals surface area (Å²) in [6.07, 6.45) is 2.34. The van der Waals surface area contributed by atoms with Crippen LogP contribution < -0.4 is 11.1 Å². The van der Waals surface area contributed by atoms with Crippen molar-refractivity contribution in [1.82, 2.24) is 4.98 Å². The van der Waals surface area contributed by atoms with Crippen LogP contribution in [0, 0.1) is 12.7 Å². The summed E-state index contributed by atoms with van der Waals surface area (Å²) < 4.78 is 13.0. The van der Waals surface area contributed by atoms with Crippen molar-refractivity contribution in [1.29, 1.82) is 0 Å².